The molecule has 1 amide bonds. The van der Waals surface area contributed by atoms with Crippen LogP contribution in [0, 0.1) is 0 Å². The van der Waals surface area contributed by atoms with Gasteiger partial charge < -0.3 is 15.2 Å². The zero-order chi connectivity index (χ0) is 20.4. The van der Waals surface area contributed by atoms with Gasteiger partial charge in [-0.1, -0.05) is 54.6 Å². The van der Waals surface area contributed by atoms with Crippen LogP contribution in [0.1, 0.15) is 31.7 Å². The number of benzene rings is 2. The Morgan fingerprint density at radius 3 is 2.21 bits per heavy atom. The summed E-state index contributed by atoms with van der Waals surface area (Å²) in [6, 6.07) is 17.4. The molecule has 2 rings (SSSR count). The van der Waals surface area contributed by atoms with Gasteiger partial charge in [-0.05, 0) is 30.0 Å². The van der Waals surface area contributed by atoms with E-state index in [1.165, 1.54) is 0 Å². The summed E-state index contributed by atoms with van der Waals surface area (Å²) in [6.45, 7) is 1.99. The molecule has 0 saturated carbocycles. The van der Waals surface area contributed by atoms with Gasteiger partial charge in [0, 0.05) is 12.5 Å². The van der Waals surface area contributed by atoms with E-state index in [4.69, 9.17) is 9.84 Å². The van der Waals surface area contributed by atoms with Crippen LogP contribution in [0.2, 0.25) is 0 Å². The highest BCUT2D eigenvalue weighted by Gasteiger charge is 2.18. The van der Waals surface area contributed by atoms with Crippen LogP contribution in [-0.4, -0.2) is 35.6 Å². The molecule has 1 atom stereocenters. The van der Waals surface area contributed by atoms with Gasteiger partial charge >= 0.3 is 11.9 Å². The summed E-state index contributed by atoms with van der Waals surface area (Å²) in [5.41, 5.74) is 3.16. The summed E-state index contributed by atoms with van der Waals surface area (Å²) in [4.78, 5) is 34.5. The van der Waals surface area contributed by atoms with E-state index in [0.717, 1.165) is 16.7 Å². The molecule has 0 aliphatic heterocycles. The number of nitrogens with one attached hydrogen (secondary N) is 1. The van der Waals surface area contributed by atoms with Crippen LogP contribution in [0.15, 0.2) is 54.6 Å². The van der Waals surface area contributed by atoms with E-state index in [0.29, 0.717) is 6.42 Å². The molecule has 28 heavy (non-hydrogen) atoms. The van der Waals surface area contributed by atoms with Crippen molar-refractivity contribution in [1.82, 2.24) is 5.32 Å². The van der Waals surface area contributed by atoms with Gasteiger partial charge in [0.15, 0.2) is 0 Å². The van der Waals surface area contributed by atoms with Gasteiger partial charge in [-0.25, -0.2) is 0 Å². The third kappa shape index (κ3) is 7.23. The molecule has 0 heterocycles. The van der Waals surface area contributed by atoms with Crippen LogP contribution in [0.3, 0.4) is 0 Å². The number of hydrogen-bond donors (Lipinski definition) is 2. The van der Waals surface area contributed by atoms with Gasteiger partial charge in [-0.15, -0.1) is 0 Å². The van der Waals surface area contributed by atoms with E-state index in [-0.39, 0.29) is 25.9 Å². The highest BCUT2D eigenvalue weighted by molar-refractivity contribution is 5.81. The smallest absolute Gasteiger partial charge is 0.307 e. The number of rotatable bonds is 10. The van der Waals surface area contributed by atoms with Gasteiger partial charge in [0.1, 0.15) is 0 Å². The summed E-state index contributed by atoms with van der Waals surface area (Å²) in [7, 11) is 0. The maximum absolute atomic E-state index is 12.0. The molecular formula is C22H25NO5. The van der Waals surface area contributed by atoms with Crippen LogP contribution >= 0.6 is 0 Å². The first-order chi connectivity index (χ1) is 13.5. The number of ether oxygens (including phenoxy) is 1. The number of aliphatic carboxylic acids is 1. The lowest BCUT2D eigenvalue weighted by atomic mass is 9.99. The van der Waals surface area contributed by atoms with Crippen molar-refractivity contribution in [1.29, 1.82) is 0 Å². The maximum Gasteiger partial charge on any atom is 0.307 e. The zero-order valence-electron chi connectivity index (χ0n) is 15.9. The number of esters is 1. The number of amides is 1. The van der Waals surface area contributed by atoms with Gasteiger partial charge in [-0.2, -0.15) is 0 Å². The summed E-state index contributed by atoms with van der Waals surface area (Å²) < 4.78 is 4.98. The second-order valence-corrected chi connectivity index (χ2v) is 6.43. The van der Waals surface area contributed by atoms with E-state index in [1.54, 1.807) is 6.92 Å². The largest absolute Gasteiger partial charge is 0.481 e. The van der Waals surface area contributed by atoms with Crippen LogP contribution in [0.25, 0.3) is 11.1 Å². The van der Waals surface area contributed by atoms with Crippen LogP contribution in [0.5, 0.6) is 0 Å². The Bertz CT molecular complexity index is 786. The highest BCUT2D eigenvalue weighted by Crippen LogP contribution is 2.20. The molecule has 0 bridgehead atoms. The highest BCUT2D eigenvalue weighted by atomic mass is 16.5. The minimum Gasteiger partial charge on any atom is -0.481 e. The lowest BCUT2D eigenvalue weighted by molar-refractivity contribution is -0.144. The predicted octanol–water partition coefficient (Wildman–Crippen LogP) is 3.20. The molecule has 0 aliphatic carbocycles. The van der Waals surface area contributed by atoms with Crippen molar-refractivity contribution in [2.45, 2.75) is 38.6 Å². The Labute approximate surface area is 164 Å². The van der Waals surface area contributed by atoms with E-state index in [1.807, 2.05) is 54.6 Å². The SMILES string of the molecule is CCOC(=O)C[C@@H](Cc1ccc(-c2ccccc2)cc1)NC(=O)CCC(=O)O. The first-order valence-corrected chi connectivity index (χ1v) is 9.29. The van der Waals surface area contributed by atoms with Crippen LogP contribution < -0.4 is 5.32 Å². The molecule has 0 aromatic heterocycles. The fourth-order valence-electron chi connectivity index (χ4n) is 2.86. The summed E-state index contributed by atoms with van der Waals surface area (Å²) in [5.74, 6) is -1.82. The van der Waals surface area contributed by atoms with Crippen molar-refractivity contribution in [3.05, 3.63) is 60.2 Å². The normalized spacial score (nSPS) is 11.5. The average Bonchev–Trinajstić information content (AvgIpc) is 2.68. The van der Waals surface area contributed by atoms with Gasteiger partial charge in [0.25, 0.3) is 0 Å². The van der Waals surface area contributed by atoms with Crippen molar-refractivity contribution in [3.63, 3.8) is 0 Å². The topological polar surface area (TPSA) is 92.7 Å². The fourth-order valence-corrected chi connectivity index (χ4v) is 2.86. The molecule has 0 aliphatic rings. The molecule has 0 saturated heterocycles. The molecule has 2 N–H and O–H groups in total. The molecule has 0 fully saturated rings. The lowest BCUT2D eigenvalue weighted by Gasteiger charge is -2.18. The molecule has 6 heteroatoms. The van der Waals surface area contributed by atoms with Crippen LogP contribution in [0.4, 0.5) is 0 Å². The molecule has 148 valence electrons. The Balaban J connectivity index is 2.04. The van der Waals surface area contributed by atoms with E-state index < -0.39 is 23.9 Å². The molecule has 2 aromatic carbocycles. The molecule has 6 nitrogen and oxygen atoms in total. The number of carboxylic acid groups (broad SMARTS) is 1. The number of carbonyl (C=O) groups is 3. The molecular weight excluding hydrogens is 358 g/mol. The van der Waals surface area contributed by atoms with Crippen LogP contribution in [-0.2, 0) is 25.5 Å². The molecule has 2 aromatic rings. The minimum absolute atomic E-state index is 0.0348. The summed E-state index contributed by atoms with van der Waals surface area (Å²) >= 11 is 0. The zero-order valence-corrected chi connectivity index (χ0v) is 15.9. The second kappa shape index (κ2) is 10.9. The Morgan fingerprint density at radius 1 is 0.964 bits per heavy atom. The summed E-state index contributed by atoms with van der Waals surface area (Å²) in [5, 5.41) is 11.5. The molecule has 0 unspecified atom stereocenters. The third-order valence-corrected chi connectivity index (χ3v) is 4.19. The van der Waals surface area contributed by atoms with Gasteiger partial charge in [0.05, 0.1) is 19.4 Å². The predicted molar refractivity (Wildman–Crippen MR) is 106 cm³/mol. The Morgan fingerprint density at radius 2 is 1.61 bits per heavy atom. The van der Waals surface area contributed by atoms with E-state index in [9.17, 15) is 14.4 Å². The Kier molecular flexibility index (Phi) is 8.21. The Hall–Kier alpha value is -3.15. The second-order valence-electron chi connectivity index (χ2n) is 6.43. The van der Waals surface area contributed by atoms with Crippen molar-refractivity contribution in [2.24, 2.45) is 0 Å². The monoisotopic (exact) mass is 383 g/mol. The standard InChI is InChI=1S/C22H25NO5/c1-2-28-22(27)15-19(23-20(24)12-13-21(25)26)14-16-8-10-18(11-9-16)17-6-4-3-5-7-17/h3-11,19H,2,12-15H2,1H3,(H,23,24)(H,25,26)/t19-/m1/s1. The van der Waals surface area contributed by atoms with Crippen molar-refractivity contribution in [2.75, 3.05) is 6.61 Å². The first kappa shape index (κ1) is 21.2. The van der Waals surface area contributed by atoms with Gasteiger partial charge in [0.2, 0.25) is 5.91 Å². The number of hydrogen-bond acceptors (Lipinski definition) is 4. The van der Waals surface area contributed by atoms with E-state index >= 15 is 0 Å². The number of carboxylic acids is 1. The molecule has 0 radical (unpaired) electrons. The van der Waals surface area contributed by atoms with Crippen molar-refractivity contribution in [3.8, 4) is 11.1 Å². The average molecular weight is 383 g/mol. The van der Waals surface area contributed by atoms with Crippen molar-refractivity contribution < 1.29 is 24.2 Å². The number of carbonyl (C=O) groups excluding carboxylic acids is 2. The summed E-state index contributed by atoms with van der Waals surface area (Å²) in [6.07, 6.45) is 0.116. The van der Waals surface area contributed by atoms with E-state index in [2.05, 4.69) is 5.32 Å². The third-order valence-electron chi connectivity index (χ3n) is 4.19. The quantitative estimate of drug-likeness (QED) is 0.615. The molecule has 0 spiro atoms. The fraction of sp³-hybridized carbons (Fsp3) is 0.318. The van der Waals surface area contributed by atoms with Crippen molar-refractivity contribution >= 4 is 17.8 Å². The minimum atomic E-state index is -1.03. The first-order valence-electron chi connectivity index (χ1n) is 9.29. The maximum atomic E-state index is 12.0. The lowest BCUT2D eigenvalue weighted by Crippen LogP contribution is -2.38. The van der Waals surface area contributed by atoms with Gasteiger partial charge in [-0.3, -0.25) is 14.4 Å².